The Balaban J connectivity index is 1.40. The molecule has 0 spiro atoms. The summed E-state index contributed by atoms with van der Waals surface area (Å²) in [6.45, 7) is 6.04. The van der Waals surface area contributed by atoms with E-state index < -0.39 is 0 Å². The fourth-order valence-electron chi connectivity index (χ4n) is 4.86. The minimum atomic E-state index is 0.604. The Morgan fingerprint density at radius 1 is 0.920 bits per heavy atom. The van der Waals surface area contributed by atoms with Crippen LogP contribution in [0.5, 0.6) is 0 Å². The highest BCUT2D eigenvalue weighted by atomic mass is 16.5. The molecule has 0 aromatic heterocycles. The van der Waals surface area contributed by atoms with Crippen LogP contribution < -0.4 is 4.90 Å². The fourth-order valence-corrected chi connectivity index (χ4v) is 4.86. The molecule has 3 heteroatoms. The molecule has 1 unspecified atom stereocenters. The van der Waals surface area contributed by atoms with Gasteiger partial charge in [-0.2, -0.15) is 0 Å². The van der Waals surface area contributed by atoms with Crippen LogP contribution in [0.3, 0.4) is 0 Å². The lowest BCUT2D eigenvalue weighted by Crippen LogP contribution is -2.36. The maximum atomic E-state index is 5.51. The number of fused-ring (bicyclic) bond motifs is 5. The highest BCUT2D eigenvalue weighted by molar-refractivity contribution is 5.55. The summed E-state index contributed by atoms with van der Waals surface area (Å²) in [5.41, 5.74) is 6.02. The fraction of sp³-hybridized carbons (Fsp3) is 0.455. The molecule has 3 nitrogen and oxygen atoms in total. The van der Waals surface area contributed by atoms with Crippen molar-refractivity contribution in [1.82, 2.24) is 4.90 Å². The van der Waals surface area contributed by atoms with Crippen LogP contribution in [0.15, 0.2) is 48.5 Å². The molecule has 5 rings (SSSR count). The molecule has 0 radical (unpaired) electrons. The van der Waals surface area contributed by atoms with Crippen molar-refractivity contribution >= 4 is 5.69 Å². The van der Waals surface area contributed by atoms with Gasteiger partial charge in [0.15, 0.2) is 0 Å². The monoisotopic (exact) mass is 334 g/mol. The van der Waals surface area contributed by atoms with Crippen molar-refractivity contribution in [2.24, 2.45) is 0 Å². The maximum absolute atomic E-state index is 5.51. The van der Waals surface area contributed by atoms with E-state index in [2.05, 4.69) is 58.3 Å². The molecule has 130 valence electrons. The van der Waals surface area contributed by atoms with Gasteiger partial charge in [-0.05, 0) is 54.1 Å². The van der Waals surface area contributed by atoms with Gasteiger partial charge in [0.05, 0.1) is 13.2 Å². The Morgan fingerprint density at radius 3 is 2.60 bits per heavy atom. The van der Waals surface area contributed by atoms with Crippen molar-refractivity contribution in [2.45, 2.75) is 31.3 Å². The second kappa shape index (κ2) is 6.47. The molecular formula is C22H26N2O. The summed E-state index contributed by atoms with van der Waals surface area (Å²) in [6, 6.07) is 18.8. The lowest BCUT2D eigenvalue weighted by Gasteiger charge is -2.33. The van der Waals surface area contributed by atoms with Crippen LogP contribution >= 0.6 is 0 Å². The van der Waals surface area contributed by atoms with E-state index in [-0.39, 0.29) is 0 Å². The van der Waals surface area contributed by atoms with Gasteiger partial charge in [0.1, 0.15) is 0 Å². The van der Waals surface area contributed by atoms with Crippen LogP contribution in [0.1, 0.15) is 41.5 Å². The SMILES string of the molecule is c1ccc(CN2CCC3C[C@@H]2c2ccc(N4CCOCC4)cc23)cc1. The van der Waals surface area contributed by atoms with Crippen molar-refractivity contribution in [3.63, 3.8) is 0 Å². The smallest absolute Gasteiger partial charge is 0.0642 e. The van der Waals surface area contributed by atoms with Gasteiger partial charge < -0.3 is 9.64 Å². The molecule has 2 aromatic rings. The maximum Gasteiger partial charge on any atom is 0.0642 e. The van der Waals surface area contributed by atoms with E-state index in [1.165, 1.54) is 30.6 Å². The number of likely N-dealkylation sites (tertiary alicyclic amines) is 1. The second-order valence-electron chi connectivity index (χ2n) is 7.61. The highest BCUT2D eigenvalue weighted by Crippen LogP contribution is 2.50. The molecule has 2 bridgehead atoms. The molecule has 2 atom stereocenters. The van der Waals surface area contributed by atoms with Gasteiger partial charge in [0.2, 0.25) is 0 Å². The molecule has 25 heavy (non-hydrogen) atoms. The first kappa shape index (κ1) is 15.4. The van der Waals surface area contributed by atoms with Gasteiger partial charge in [-0.25, -0.2) is 0 Å². The lowest BCUT2D eigenvalue weighted by atomic mass is 9.95. The van der Waals surface area contributed by atoms with Crippen LogP contribution in [-0.2, 0) is 11.3 Å². The quantitative estimate of drug-likeness (QED) is 0.845. The number of nitrogens with zero attached hydrogens (tertiary/aromatic N) is 2. The molecule has 2 fully saturated rings. The van der Waals surface area contributed by atoms with Crippen LogP contribution in [-0.4, -0.2) is 37.7 Å². The van der Waals surface area contributed by atoms with Gasteiger partial charge in [-0.1, -0.05) is 36.4 Å². The summed E-state index contributed by atoms with van der Waals surface area (Å²) in [4.78, 5) is 5.17. The Kier molecular flexibility index (Phi) is 3.99. The zero-order valence-electron chi connectivity index (χ0n) is 14.7. The number of hydrogen-bond donors (Lipinski definition) is 0. The number of benzene rings is 2. The third-order valence-corrected chi connectivity index (χ3v) is 6.19. The number of morpholine rings is 1. The zero-order valence-corrected chi connectivity index (χ0v) is 14.7. The average Bonchev–Trinajstić information content (AvgIpc) is 2.98. The van der Waals surface area contributed by atoms with E-state index in [1.807, 2.05) is 0 Å². The Labute approximate surface area is 150 Å². The van der Waals surface area contributed by atoms with E-state index in [1.54, 1.807) is 11.1 Å². The van der Waals surface area contributed by atoms with Crippen LogP contribution in [0.2, 0.25) is 0 Å². The third kappa shape index (κ3) is 2.86. The Bertz CT molecular complexity index is 739. The van der Waals surface area contributed by atoms with Gasteiger partial charge in [0, 0.05) is 31.4 Å². The van der Waals surface area contributed by atoms with Gasteiger partial charge in [-0.15, -0.1) is 0 Å². The van der Waals surface area contributed by atoms with Crippen molar-refractivity contribution in [2.75, 3.05) is 37.7 Å². The standard InChI is InChI=1S/C22H26N2O/c1-2-4-17(5-3-1)16-24-9-8-18-14-22(24)20-7-6-19(15-21(18)20)23-10-12-25-13-11-23/h1-7,15,18,22H,8-14,16H2/t18?,22-/m1/s1. The van der Waals surface area contributed by atoms with Crippen molar-refractivity contribution < 1.29 is 4.74 Å². The predicted octanol–water partition coefficient (Wildman–Crippen LogP) is 3.96. The van der Waals surface area contributed by atoms with Gasteiger partial charge >= 0.3 is 0 Å². The zero-order chi connectivity index (χ0) is 16.6. The number of anilines is 1. The molecule has 0 amide bonds. The number of hydrogen-bond acceptors (Lipinski definition) is 3. The first-order valence-electron chi connectivity index (χ1n) is 9.63. The van der Waals surface area contributed by atoms with Crippen LogP contribution in [0.25, 0.3) is 0 Å². The summed E-state index contributed by atoms with van der Waals surface area (Å²) >= 11 is 0. The third-order valence-electron chi connectivity index (χ3n) is 6.19. The molecule has 0 N–H and O–H groups in total. The lowest BCUT2D eigenvalue weighted by molar-refractivity contribution is 0.122. The molecular weight excluding hydrogens is 308 g/mol. The summed E-state index contributed by atoms with van der Waals surface area (Å²) < 4.78 is 5.51. The summed E-state index contributed by atoms with van der Waals surface area (Å²) in [5.74, 6) is 0.757. The number of rotatable bonds is 3. The molecule has 2 saturated heterocycles. The molecule has 2 heterocycles. The first-order valence-corrected chi connectivity index (χ1v) is 9.63. The van der Waals surface area contributed by atoms with Gasteiger partial charge in [-0.3, -0.25) is 4.90 Å². The van der Waals surface area contributed by atoms with E-state index in [0.717, 1.165) is 38.8 Å². The molecule has 2 aromatic carbocycles. The van der Waals surface area contributed by atoms with Gasteiger partial charge in [0.25, 0.3) is 0 Å². The summed E-state index contributed by atoms with van der Waals surface area (Å²) in [6.07, 6.45) is 2.59. The number of ether oxygens (including phenoxy) is 1. The van der Waals surface area contributed by atoms with Crippen molar-refractivity contribution in [3.05, 3.63) is 65.2 Å². The van der Waals surface area contributed by atoms with Crippen molar-refractivity contribution in [1.29, 1.82) is 0 Å². The topological polar surface area (TPSA) is 15.7 Å². The minimum absolute atomic E-state index is 0.604. The second-order valence-corrected chi connectivity index (χ2v) is 7.61. The van der Waals surface area contributed by atoms with E-state index >= 15 is 0 Å². The highest BCUT2D eigenvalue weighted by Gasteiger charge is 2.38. The first-order chi connectivity index (χ1) is 12.4. The normalized spacial score (nSPS) is 25.8. The van der Waals surface area contributed by atoms with Crippen molar-refractivity contribution in [3.8, 4) is 0 Å². The van der Waals surface area contributed by atoms with Crippen LogP contribution in [0.4, 0.5) is 5.69 Å². The van der Waals surface area contributed by atoms with E-state index in [4.69, 9.17) is 4.74 Å². The molecule has 3 aliphatic rings. The van der Waals surface area contributed by atoms with E-state index in [0.29, 0.717) is 6.04 Å². The minimum Gasteiger partial charge on any atom is -0.378 e. The largest absolute Gasteiger partial charge is 0.378 e. The van der Waals surface area contributed by atoms with Crippen LogP contribution in [0, 0.1) is 0 Å². The Morgan fingerprint density at radius 2 is 1.76 bits per heavy atom. The number of piperidine rings is 1. The molecule has 1 aliphatic carbocycles. The average molecular weight is 334 g/mol. The van der Waals surface area contributed by atoms with E-state index in [9.17, 15) is 0 Å². The Hall–Kier alpha value is -1.84. The molecule has 2 aliphatic heterocycles. The summed E-state index contributed by atoms with van der Waals surface area (Å²) in [5, 5.41) is 0. The molecule has 0 saturated carbocycles. The predicted molar refractivity (Wildman–Crippen MR) is 101 cm³/mol. The summed E-state index contributed by atoms with van der Waals surface area (Å²) in [7, 11) is 0.